The first-order chi connectivity index (χ1) is 9.28. The molecule has 0 rings (SSSR count). The van der Waals surface area contributed by atoms with Crippen LogP contribution >= 0.6 is 0 Å². The van der Waals surface area contributed by atoms with E-state index >= 15 is 0 Å². The van der Waals surface area contributed by atoms with E-state index in [1.54, 1.807) is 25.7 Å². The maximum atomic E-state index is 11.5. The Labute approximate surface area is 120 Å². The highest BCUT2D eigenvalue weighted by molar-refractivity contribution is 5.67. The summed E-state index contributed by atoms with van der Waals surface area (Å²) in [4.78, 5) is 24.4. The fraction of sp³-hybridized carbons (Fsp3) is 0.833. The summed E-state index contributed by atoms with van der Waals surface area (Å²) in [7, 11) is 0. The first-order valence-corrected chi connectivity index (χ1v) is 6.75. The number of hydrogen-bond acceptors (Lipinski definition) is 6. The largest absolute Gasteiger partial charge is 0.430 e. The molecule has 0 bridgehead atoms. The maximum absolute atomic E-state index is 11.5. The van der Waals surface area contributed by atoms with Gasteiger partial charge in [0.05, 0.1) is 0 Å². The van der Waals surface area contributed by atoms with Crippen LogP contribution in [0.2, 0.25) is 0 Å². The van der Waals surface area contributed by atoms with Crippen LogP contribution in [0, 0.1) is 0 Å². The molecular weight excluding hydrogens is 264 g/mol. The Kier molecular flexibility index (Phi) is 7.93. The molecule has 2 unspecified atom stereocenters. The fourth-order valence-electron chi connectivity index (χ4n) is 1.76. The van der Waals surface area contributed by atoms with Gasteiger partial charge >= 0.3 is 12.2 Å². The van der Waals surface area contributed by atoms with Gasteiger partial charge in [0.15, 0.2) is 6.23 Å². The Morgan fingerprint density at radius 3 is 2.15 bits per heavy atom. The van der Waals surface area contributed by atoms with Gasteiger partial charge < -0.3 is 20.1 Å². The molecule has 0 aliphatic rings. The van der Waals surface area contributed by atoms with E-state index in [1.165, 1.54) is 6.92 Å². The van der Waals surface area contributed by atoms with E-state index in [1.807, 2.05) is 6.92 Å². The molecule has 118 valence electrons. The van der Waals surface area contributed by atoms with Crippen molar-refractivity contribution in [2.24, 2.45) is 5.73 Å². The van der Waals surface area contributed by atoms with Crippen LogP contribution in [-0.2, 0) is 9.47 Å². The second-order valence-electron chi connectivity index (χ2n) is 4.30. The molecule has 0 radical (unpaired) electrons. The van der Waals surface area contributed by atoms with E-state index in [9.17, 15) is 9.59 Å². The van der Waals surface area contributed by atoms with Gasteiger partial charge in [0, 0.05) is 26.6 Å². The Morgan fingerprint density at radius 1 is 1.20 bits per heavy atom. The molecule has 8 heteroatoms. The lowest BCUT2D eigenvalue weighted by Crippen LogP contribution is -2.61. The van der Waals surface area contributed by atoms with Gasteiger partial charge in [-0.1, -0.05) is 6.92 Å². The maximum Gasteiger partial charge on any atom is 0.409 e. The molecule has 0 saturated carbocycles. The summed E-state index contributed by atoms with van der Waals surface area (Å²) in [6.45, 7) is 9.91. The minimum atomic E-state index is -1.39. The predicted molar refractivity (Wildman–Crippen MR) is 74.7 cm³/mol. The highest BCUT2D eigenvalue weighted by Crippen LogP contribution is 2.15. The van der Waals surface area contributed by atoms with Crippen LogP contribution < -0.4 is 16.4 Å². The lowest BCUT2D eigenvalue weighted by Gasteiger charge is -2.39. The molecule has 0 aliphatic heterocycles. The normalized spacial score (nSPS) is 15.2. The van der Waals surface area contributed by atoms with Gasteiger partial charge in [-0.05, 0) is 20.8 Å². The van der Waals surface area contributed by atoms with E-state index in [4.69, 9.17) is 15.2 Å². The molecular formula is C12H26N4O4. The van der Waals surface area contributed by atoms with Crippen molar-refractivity contribution in [2.75, 3.05) is 19.6 Å². The van der Waals surface area contributed by atoms with Crippen molar-refractivity contribution in [1.29, 1.82) is 0 Å². The number of rotatable bonds is 7. The molecule has 0 heterocycles. The van der Waals surface area contributed by atoms with Crippen LogP contribution in [0.5, 0.6) is 0 Å². The van der Waals surface area contributed by atoms with E-state index in [2.05, 4.69) is 10.6 Å². The second kappa shape index (κ2) is 8.60. The highest BCUT2D eigenvalue weighted by atomic mass is 16.6. The summed E-state index contributed by atoms with van der Waals surface area (Å²) < 4.78 is 10.3. The van der Waals surface area contributed by atoms with E-state index in [-0.39, 0.29) is 0 Å². The molecule has 0 aliphatic carbocycles. The summed E-state index contributed by atoms with van der Waals surface area (Å²) >= 11 is 0. The van der Waals surface area contributed by atoms with Crippen LogP contribution in [0.4, 0.5) is 9.59 Å². The van der Waals surface area contributed by atoms with Crippen LogP contribution in [0.15, 0.2) is 0 Å². The fourth-order valence-corrected chi connectivity index (χ4v) is 1.76. The number of alkyl carbamates (subject to hydrolysis) is 2. The summed E-state index contributed by atoms with van der Waals surface area (Å²) in [6, 6.07) is 0. The number of carbonyl (C=O) groups is 2. The topological polar surface area (TPSA) is 106 Å². The number of nitrogens with two attached hydrogens (primary N) is 1. The van der Waals surface area contributed by atoms with Crippen molar-refractivity contribution in [3.05, 3.63) is 0 Å². The van der Waals surface area contributed by atoms with Crippen molar-refractivity contribution in [2.45, 2.75) is 46.7 Å². The van der Waals surface area contributed by atoms with Gasteiger partial charge in [-0.25, -0.2) is 14.5 Å². The molecule has 20 heavy (non-hydrogen) atoms. The summed E-state index contributed by atoms with van der Waals surface area (Å²) in [5, 5.41) is 5.01. The number of hydrogen-bond donors (Lipinski definition) is 3. The second-order valence-corrected chi connectivity index (χ2v) is 4.30. The van der Waals surface area contributed by atoms with Crippen molar-refractivity contribution < 1.29 is 19.1 Å². The minimum Gasteiger partial charge on any atom is -0.430 e. The Hall–Kier alpha value is -1.54. The molecule has 2 atom stereocenters. The van der Waals surface area contributed by atoms with Crippen molar-refractivity contribution in [3.63, 3.8) is 0 Å². The predicted octanol–water partition coefficient (Wildman–Crippen LogP) is 0.779. The zero-order valence-electron chi connectivity index (χ0n) is 12.9. The SMILES string of the molecule is CCNC(=O)OC(C)N(CC)C(C)(N)OC(=O)NCC. The standard InChI is InChI=1S/C12H26N4O4/c1-6-14-10(17)19-9(4)16(8-3)12(5,13)20-11(18)15-7-2/h9H,6-8,13H2,1-5H3,(H,14,17)(H,15,18). The third-order valence-corrected chi connectivity index (χ3v) is 2.57. The first-order valence-electron chi connectivity index (χ1n) is 6.75. The van der Waals surface area contributed by atoms with Crippen LogP contribution in [0.1, 0.15) is 34.6 Å². The zero-order valence-corrected chi connectivity index (χ0v) is 12.9. The number of ether oxygens (including phenoxy) is 2. The average Bonchev–Trinajstić information content (AvgIpc) is 2.28. The Bertz CT molecular complexity index is 323. The van der Waals surface area contributed by atoms with Gasteiger partial charge in [-0.2, -0.15) is 0 Å². The minimum absolute atomic E-state index is 0.437. The van der Waals surface area contributed by atoms with Crippen molar-refractivity contribution in [1.82, 2.24) is 15.5 Å². The molecule has 0 fully saturated rings. The van der Waals surface area contributed by atoms with Gasteiger partial charge in [-0.15, -0.1) is 0 Å². The summed E-state index contributed by atoms with van der Waals surface area (Å²) in [6.07, 6.45) is -1.82. The first kappa shape index (κ1) is 18.5. The Morgan fingerprint density at radius 2 is 1.70 bits per heavy atom. The zero-order chi connectivity index (χ0) is 15.8. The number of amides is 2. The smallest absolute Gasteiger partial charge is 0.409 e. The van der Waals surface area contributed by atoms with Crippen molar-refractivity contribution in [3.8, 4) is 0 Å². The Balaban J connectivity index is 4.68. The van der Waals surface area contributed by atoms with Gasteiger partial charge in [0.25, 0.3) is 0 Å². The quantitative estimate of drug-likeness (QED) is 0.598. The molecule has 0 aromatic heterocycles. The van der Waals surface area contributed by atoms with Crippen LogP contribution in [0.25, 0.3) is 0 Å². The van der Waals surface area contributed by atoms with E-state index in [0.29, 0.717) is 19.6 Å². The van der Waals surface area contributed by atoms with Gasteiger partial charge in [0.2, 0.25) is 5.85 Å². The van der Waals surface area contributed by atoms with Crippen molar-refractivity contribution >= 4 is 12.2 Å². The van der Waals surface area contributed by atoms with E-state index < -0.39 is 24.3 Å². The molecule has 4 N–H and O–H groups in total. The molecule has 0 aromatic rings. The third-order valence-electron chi connectivity index (χ3n) is 2.57. The lowest BCUT2D eigenvalue weighted by molar-refractivity contribution is -0.156. The monoisotopic (exact) mass is 290 g/mol. The molecule has 0 saturated heterocycles. The summed E-state index contributed by atoms with van der Waals surface area (Å²) in [5.74, 6) is -1.39. The van der Waals surface area contributed by atoms with Gasteiger partial charge in [0.1, 0.15) is 0 Å². The molecule has 8 nitrogen and oxygen atoms in total. The average molecular weight is 290 g/mol. The summed E-state index contributed by atoms with van der Waals surface area (Å²) in [5.41, 5.74) is 5.98. The molecule has 2 amide bonds. The molecule has 0 spiro atoms. The lowest BCUT2D eigenvalue weighted by atomic mass is 10.3. The number of nitrogens with zero attached hydrogens (tertiary/aromatic N) is 1. The number of carbonyl (C=O) groups excluding carboxylic acids is 2. The van der Waals surface area contributed by atoms with Gasteiger partial charge in [-0.3, -0.25) is 5.73 Å². The highest BCUT2D eigenvalue weighted by Gasteiger charge is 2.35. The molecule has 0 aromatic carbocycles. The third kappa shape index (κ3) is 6.07. The van der Waals surface area contributed by atoms with Crippen LogP contribution in [0.3, 0.4) is 0 Å². The van der Waals surface area contributed by atoms with Crippen LogP contribution in [-0.4, -0.2) is 48.8 Å². The number of nitrogens with one attached hydrogen (secondary N) is 2. The van der Waals surface area contributed by atoms with E-state index in [0.717, 1.165) is 0 Å².